The Kier molecular flexibility index (Phi) is 5.73. The molecule has 0 aliphatic carbocycles. The summed E-state index contributed by atoms with van der Waals surface area (Å²) in [4.78, 5) is 28.5. The Hall–Kier alpha value is -2.90. The number of hydrogen-bond donors (Lipinski definition) is 1. The van der Waals surface area contributed by atoms with Crippen LogP contribution in [0.5, 0.6) is 5.75 Å². The third kappa shape index (κ3) is 3.68. The Morgan fingerprint density at radius 1 is 1.10 bits per heavy atom. The molecule has 1 aromatic heterocycles. The number of methoxy groups -OCH3 is 1. The van der Waals surface area contributed by atoms with Gasteiger partial charge in [-0.25, -0.2) is 0 Å². The first-order chi connectivity index (χ1) is 14.8. The average Bonchev–Trinajstić information content (AvgIpc) is 3.37. The Bertz CT molecular complexity index is 1220. The second kappa shape index (κ2) is 8.32. The fourth-order valence-corrected chi connectivity index (χ4v) is 5.02. The van der Waals surface area contributed by atoms with Crippen LogP contribution in [0.15, 0.2) is 64.0 Å². The highest BCUT2D eigenvalue weighted by molar-refractivity contribution is 9.10. The Morgan fingerprint density at radius 2 is 1.87 bits per heavy atom. The van der Waals surface area contributed by atoms with Gasteiger partial charge in [-0.05, 0) is 82.7 Å². The molecule has 1 fully saturated rings. The maximum absolute atomic E-state index is 13.1. The number of amides is 1. The van der Waals surface area contributed by atoms with E-state index in [-0.39, 0.29) is 11.3 Å². The van der Waals surface area contributed by atoms with Crippen molar-refractivity contribution in [1.29, 1.82) is 0 Å². The molecular formula is C24H20BrNO4S. The number of aryl methyl sites for hydroxylation is 2. The lowest BCUT2D eigenvalue weighted by molar-refractivity contribution is -0.132. The van der Waals surface area contributed by atoms with E-state index >= 15 is 0 Å². The lowest BCUT2D eigenvalue weighted by Gasteiger charge is -2.25. The van der Waals surface area contributed by atoms with Crippen LogP contribution < -0.4 is 9.64 Å². The van der Waals surface area contributed by atoms with Crippen molar-refractivity contribution in [3.05, 3.63) is 85.5 Å². The number of aliphatic hydroxyl groups excluding tert-OH is 1. The minimum absolute atomic E-state index is 0.0720. The SMILES string of the molecule is COc1ccc(/C(O)=C2/C(=O)C(=O)N(c3ccc(C)c(C)c3)C2c2cccs2)cc1Br. The summed E-state index contributed by atoms with van der Waals surface area (Å²) in [6.45, 7) is 3.95. The number of carbonyl (C=O) groups is 2. The van der Waals surface area contributed by atoms with Crippen LogP contribution in [-0.2, 0) is 9.59 Å². The van der Waals surface area contributed by atoms with Crippen LogP contribution in [0.1, 0.15) is 27.6 Å². The fraction of sp³-hybridized carbons (Fsp3) is 0.167. The standard InChI is InChI=1S/C24H20BrNO4S/c1-13-6-8-16(11-14(13)2)26-21(19-5-4-10-31-19)20(23(28)24(26)29)22(27)15-7-9-18(30-3)17(25)12-15/h4-12,21,27H,1-3H3/b22-20-. The van der Waals surface area contributed by atoms with Crippen LogP contribution in [0.3, 0.4) is 0 Å². The van der Waals surface area contributed by atoms with Crippen molar-refractivity contribution in [3.63, 3.8) is 0 Å². The molecule has 31 heavy (non-hydrogen) atoms. The first-order valence-electron chi connectivity index (χ1n) is 9.59. The summed E-state index contributed by atoms with van der Waals surface area (Å²) in [5.41, 5.74) is 3.23. The molecule has 2 aromatic carbocycles. The topological polar surface area (TPSA) is 66.8 Å². The molecule has 1 aliphatic heterocycles. The third-order valence-corrected chi connectivity index (χ3v) is 7.00. The molecule has 1 N–H and O–H groups in total. The normalized spacial score (nSPS) is 17.9. The van der Waals surface area contributed by atoms with Crippen LogP contribution in [0.4, 0.5) is 5.69 Å². The average molecular weight is 498 g/mol. The van der Waals surface area contributed by atoms with Crippen LogP contribution in [0, 0.1) is 13.8 Å². The van der Waals surface area contributed by atoms with E-state index in [0.717, 1.165) is 16.0 Å². The fourth-order valence-electron chi connectivity index (χ4n) is 3.66. The van der Waals surface area contributed by atoms with Crippen LogP contribution in [0.2, 0.25) is 0 Å². The number of halogens is 1. The smallest absolute Gasteiger partial charge is 0.300 e. The van der Waals surface area contributed by atoms with Crippen molar-refractivity contribution in [3.8, 4) is 5.75 Å². The maximum atomic E-state index is 13.1. The lowest BCUT2D eigenvalue weighted by Crippen LogP contribution is -2.29. The number of aliphatic hydroxyl groups is 1. The van der Waals surface area contributed by atoms with Gasteiger partial charge in [0.25, 0.3) is 11.7 Å². The lowest BCUT2D eigenvalue weighted by atomic mass is 9.99. The summed E-state index contributed by atoms with van der Waals surface area (Å²) >= 11 is 4.84. The molecule has 158 valence electrons. The number of rotatable bonds is 4. The molecule has 1 atom stereocenters. The van der Waals surface area contributed by atoms with Gasteiger partial charge in [0.05, 0.1) is 17.2 Å². The summed E-state index contributed by atoms with van der Waals surface area (Å²) < 4.78 is 5.88. The highest BCUT2D eigenvalue weighted by Gasteiger charge is 2.47. The number of Topliss-reactive ketones (excluding diaryl/α,β-unsaturated/α-hetero) is 1. The van der Waals surface area contributed by atoms with Crippen molar-refractivity contribution in [2.24, 2.45) is 0 Å². The summed E-state index contributed by atoms with van der Waals surface area (Å²) in [5, 5.41) is 13.0. The van der Waals surface area contributed by atoms with Gasteiger partial charge in [-0.2, -0.15) is 0 Å². The van der Waals surface area contributed by atoms with Crippen molar-refractivity contribution in [1.82, 2.24) is 0 Å². The number of benzene rings is 2. The van der Waals surface area contributed by atoms with Crippen molar-refractivity contribution < 1.29 is 19.4 Å². The molecule has 4 rings (SSSR count). The summed E-state index contributed by atoms with van der Waals surface area (Å²) in [6.07, 6.45) is 0. The van der Waals surface area contributed by atoms with E-state index in [1.807, 2.05) is 49.6 Å². The molecule has 1 aliphatic rings. The Balaban J connectivity index is 1.91. The van der Waals surface area contributed by atoms with E-state index in [0.29, 0.717) is 21.5 Å². The summed E-state index contributed by atoms with van der Waals surface area (Å²) in [7, 11) is 1.55. The Morgan fingerprint density at radius 3 is 2.48 bits per heavy atom. The van der Waals surface area contributed by atoms with E-state index in [4.69, 9.17) is 4.74 Å². The molecule has 3 aromatic rings. The molecule has 0 radical (unpaired) electrons. The second-order valence-electron chi connectivity index (χ2n) is 7.30. The predicted molar refractivity (Wildman–Crippen MR) is 126 cm³/mol. The van der Waals surface area contributed by atoms with Gasteiger partial charge in [-0.1, -0.05) is 12.1 Å². The van der Waals surface area contributed by atoms with Gasteiger partial charge in [0, 0.05) is 16.1 Å². The molecular weight excluding hydrogens is 478 g/mol. The van der Waals surface area contributed by atoms with E-state index < -0.39 is 17.7 Å². The molecule has 0 spiro atoms. The van der Waals surface area contributed by atoms with E-state index in [9.17, 15) is 14.7 Å². The summed E-state index contributed by atoms with van der Waals surface area (Å²) in [5.74, 6) is -0.981. The van der Waals surface area contributed by atoms with Crippen molar-refractivity contribution in [2.45, 2.75) is 19.9 Å². The molecule has 1 unspecified atom stereocenters. The monoisotopic (exact) mass is 497 g/mol. The highest BCUT2D eigenvalue weighted by atomic mass is 79.9. The van der Waals surface area contributed by atoms with Gasteiger partial charge in [0.15, 0.2) is 0 Å². The van der Waals surface area contributed by atoms with Gasteiger partial charge in [0.1, 0.15) is 17.6 Å². The van der Waals surface area contributed by atoms with Crippen LogP contribution in [0.25, 0.3) is 5.76 Å². The molecule has 1 saturated heterocycles. The number of nitrogens with zero attached hydrogens (tertiary/aromatic N) is 1. The number of ether oxygens (including phenoxy) is 1. The minimum Gasteiger partial charge on any atom is -0.507 e. The van der Waals surface area contributed by atoms with Gasteiger partial charge >= 0.3 is 0 Å². The number of carbonyl (C=O) groups excluding carboxylic acids is 2. The highest BCUT2D eigenvalue weighted by Crippen LogP contribution is 2.44. The zero-order valence-corrected chi connectivity index (χ0v) is 19.6. The second-order valence-corrected chi connectivity index (χ2v) is 9.14. The zero-order valence-electron chi connectivity index (χ0n) is 17.2. The zero-order chi connectivity index (χ0) is 22.3. The summed E-state index contributed by atoms with van der Waals surface area (Å²) in [6, 6.07) is 13.7. The third-order valence-electron chi connectivity index (χ3n) is 5.45. The van der Waals surface area contributed by atoms with E-state index in [2.05, 4.69) is 15.9 Å². The van der Waals surface area contributed by atoms with Crippen molar-refractivity contribution in [2.75, 3.05) is 12.0 Å². The first-order valence-corrected chi connectivity index (χ1v) is 11.3. The largest absolute Gasteiger partial charge is 0.507 e. The van der Waals surface area contributed by atoms with Gasteiger partial charge in [-0.3, -0.25) is 14.5 Å². The number of ketones is 1. The minimum atomic E-state index is -0.707. The molecule has 2 heterocycles. The molecule has 0 saturated carbocycles. The van der Waals surface area contributed by atoms with Crippen LogP contribution >= 0.6 is 27.3 Å². The molecule has 1 amide bonds. The Labute approximate surface area is 192 Å². The number of thiophene rings is 1. The van der Waals surface area contributed by atoms with Crippen molar-refractivity contribution >= 4 is 50.4 Å². The maximum Gasteiger partial charge on any atom is 0.300 e. The number of anilines is 1. The predicted octanol–water partition coefficient (Wildman–Crippen LogP) is 5.76. The van der Waals surface area contributed by atoms with Gasteiger partial charge < -0.3 is 9.84 Å². The van der Waals surface area contributed by atoms with Gasteiger partial charge in [-0.15, -0.1) is 11.3 Å². The van der Waals surface area contributed by atoms with E-state index in [1.54, 1.807) is 25.3 Å². The molecule has 0 bridgehead atoms. The first kappa shape index (κ1) is 21.3. The molecule has 5 nitrogen and oxygen atoms in total. The van der Waals surface area contributed by atoms with E-state index in [1.165, 1.54) is 16.2 Å². The van der Waals surface area contributed by atoms with Crippen LogP contribution in [-0.4, -0.2) is 23.9 Å². The molecule has 7 heteroatoms. The van der Waals surface area contributed by atoms with Gasteiger partial charge in [0.2, 0.25) is 0 Å². The number of hydrogen-bond acceptors (Lipinski definition) is 5. The quantitative estimate of drug-likeness (QED) is 0.282.